The molecule has 47 valence electrons. The summed E-state index contributed by atoms with van der Waals surface area (Å²) in [6, 6.07) is 0. The van der Waals surface area contributed by atoms with Gasteiger partial charge in [-0.3, -0.25) is 0 Å². The van der Waals surface area contributed by atoms with E-state index >= 15 is 0 Å². The van der Waals surface area contributed by atoms with E-state index in [1.165, 1.54) is 19.3 Å². The summed E-state index contributed by atoms with van der Waals surface area (Å²) in [5, 5.41) is 0. The summed E-state index contributed by atoms with van der Waals surface area (Å²) in [6.45, 7) is 5.72. The molecule has 1 rings (SSSR count). The predicted molar refractivity (Wildman–Crippen MR) is 33.5 cm³/mol. The number of hydrogen-bond donors (Lipinski definition) is 0. The maximum Gasteiger partial charge on any atom is 0.0578 e. The molecule has 0 spiro atoms. The Kier molecular flexibility index (Phi) is 1.90. The molecule has 0 bridgehead atoms. The molecular weight excluding hydrogens is 100 g/mol. The Labute approximate surface area is 51.0 Å². The zero-order valence-corrected chi connectivity index (χ0v) is 5.39. The van der Waals surface area contributed by atoms with Gasteiger partial charge in [0.2, 0.25) is 0 Å². The molecular formula is C7H13O. The van der Waals surface area contributed by atoms with Gasteiger partial charge in [-0.1, -0.05) is 0 Å². The van der Waals surface area contributed by atoms with Crippen molar-refractivity contribution in [2.45, 2.75) is 38.4 Å². The van der Waals surface area contributed by atoms with Crippen molar-refractivity contribution in [1.29, 1.82) is 0 Å². The summed E-state index contributed by atoms with van der Waals surface area (Å²) in [7, 11) is 0. The minimum absolute atomic E-state index is 0.181. The van der Waals surface area contributed by atoms with Crippen LogP contribution in [0.1, 0.15) is 26.2 Å². The molecule has 0 aromatic rings. The summed E-state index contributed by atoms with van der Waals surface area (Å²) in [4.78, 5) is 0. The highest BCUT2D eigenvalue weighted by atomic mass is 16.5. The Balaban J connectivity index is 2.01. The fraction of sp³-hybridized carbons (Fsp3) is 0.857. The quantitative estimate of drug-likeness (QED) is 0.530. The van der Waals surface area contributed by atoms with Crippen molar-refractivity contribution >= 4 is 0 Å². The minimum atomic E-state index is 0.181. The third kappa shape index (κ3) is 1.48. The Hall–Kier alpha value is -0.0400. The first-order chi connectivity index (χ1) is 3.79. The molecule has 1 unspecified atom stereocenters. The van der Waals surface area contributed by atoms with Crippen molar-refractivity contribution in [3.63, 3.8) is 0 Å². The van der Waals surface area contributed by atoms with E-state index in [0.717, 1.165) is 0 Å². The molecule has 1 radical (unpaired) electrons. The van der Waals surface area contributed by atoms with Crippen molar-refractivity contribution in [2.24, 2.45) is 0 Å². The molecule has 0 aromatic heterocycles. The van der Waals surface area contributed by atoms with E-state index < -0.39 is 0 Å². The maximum atomic E-state index is 5.38. The second-order valence-electron chi connectivity index (χ2n) is 2.50. The van der Waals surface area contributed by atoms with Gasteiger partial charge in [0.1, 0.15) is 0 Å². The maximum absolute atomic E-state index is 5.38. The standard InChI is InChI=1S/C7H13O/c1-6(2)8-7-4-3-5-7/h6-7H,1,3-5H2,2H3. The molecule has 0 amide bonds. The van der Waals surface area contributed by atoms with Crippen LogP contribution in [0.15, 0.2) is 0 Å². The largest absolute Gasteiger partial charge is 0.375 e. The van der Waals surface area contributed by atoms with Crippen LogP contribution in [-0.4, -0.2) is 12.2 Å². The first-order valence-corrected chi connectivity index (χ1v) is 3.27. The van der Waals surface area contributed by atoms with Crippen LogP contribution < -0.4 is 0 Å². The number of rotatable bonds is 2. The van der Waals surface area contributed by atoms with Gasteiger partial charge in [-0.15, -0.1) is 0 Å². The van der Waals surface area contributed by atoms with Crippen molar-refractivity contribution in [1.82, 2.24) is 0 Å². The summed E-state index contributed by atoms with van der Waals surface area (Å²) >= 11 is 0. The van der Waals surface area contributed by atoms with Gasteiger partial charge in [-0.05, 0) is 33.1 Å². The summed E-state index contributed by atoms with van der Waals surface area (Å²) in [5.74, 6) is 0. The normalized spacial score (nSPS) is 21.4. The van der Waals surface area contributed by atoms with Crippen LogP contribution in [0.3, 0.4) is 0 Å². The number of ether oxygens (including phenoxy) is 1. The zero-order valence-electron chi connectivity index (χ0n) is 5.39. The second-order valence-corrected chi connectivity index (χ2v) is 2.50. The highest BCUT2D eigenvalue weighted by molar-refractivity contribution is 4.70. The lowest BCUT2D eigenvalue weighted by Crippen LogP contribution is -2.24. The van der Waals surface area contributed by atoms with E-state index in [0.29, 0.717) is 6.10 Å². The molecule has 1 atom stereocenters. The Morgan fingerprint density at radius 1 is 1.62 bits per heavy atom. The molecule has 8 heavy (non-hydrogen) atoms. The van der Waals surface area contributed by atoms with Gasteiger partial charge in [-0.25, -0.2) is 0 Å². The molecule has 0 aliphatic heterocycles. The monoisotopic (exact) mass is 113 g/mol. The Morgan fingerprint density at radius 2 is 2.25 bits per heavy atom. The third-order valence-electron chi connectivity index (χ3n) is 1.48. The van der Waals surface area contributed by atoms with E-state index in [4.69, 9.17) is 4.74 Å². The van der Waals surface area contributed by atoms with E-state index in [9.17, 15) is 0 Å². The molecule has 0 N–H and O–H groups in total. The van der Waals surface area contributed by atoms with Crippen LogP contribution in [0.2, 0.25) is 0 Å². The lowest BCUT2D eigenvalue weighted by Gasteiger charge is -2.27. The average Bonchev–Trinajstić information content (AvgIpc) is 1.55. The summed E-state index contributed by atoms with van der Waals surface area (Å²) in [6.07, 6.45) is 4.57. The lowest BCUT2D eigenvalue weighted by molar-refractivity contribution is -0.0239. The average molecular weight is 113 g/mol. The highest BCUT2D eigenvalue weighted by Crippen LogP contribution is 2.22. The van der Waals surface area contributed by atoms with Gasteiger partial charge in [0, 0.05) is 0 Å². The van der Waals surface area contributed by atoms with E-state index in [1.807, 2.05) is 6.92 Å². The van der Waals surface area contributed by atoms with Gasteiger partial charge >= 0.3 is 0 Å². The van der Waals surface area contributed by atoms with Crippen LogP contribution in [0, 0.1) is 6.92 Å². The van der Waals surface area contributed by atoms with Gasteiger partial charge < -0.3 is 4.74 Å². The van der Waals surface area contributed by atoms with E-state index in [1.54, 1.807) is 0 Å². The van der Waals surface area contributed by atoms with Gasteiger partial charge in [0.15, 0.2) is 0 Å². The summed E-state index contributed by atoms with van der Waals surface area (Å²) in [5.41, 5.74) is 0. The molecule has 0 saturated heterocycles. The minimum Gasteiger partial charge on any atom is -0.375 e. The van der Waals surface area contributed by atoms with Gasteiger partial charge in [0.25, 0.3) is 0 Å². The Morgan fingerprint density at radius 3 is 2.38 bits per heavy atom. The first-order valence-electron chi connectivity index (χ1n) is 3.27. The predicted octanol–water partition coefficient (Wildman–Crippen LogP) is 1.78. The molecule has 0 aromatic carbocycles. The molecule has 1 heteroatoms. The number of hydrogen-bond acceptors (Lipinski definition) is 1. The molecule has 1 nitrogen and oxygen atoms in total. The van der Waals surface area contributed by atoms with Crippen LogP contribution in [-0.2, 0) is 4.74 Å². The van der Waals surface area contributed by atoms with Crippen LogP contribution in [0.25, 0.3) is 0 Å². The fourth-order valence-electron chi connectivity index (χ4n) is 0.835. The lowest BCUT2D eigenvalue weighted by atomic mass is 9.96. The molecule has 1 saturated carbocycles. The van der Waals surface area contributed by atoms with E-state index in [2.05, 4.69) is 6.92 Å². The summed E-state index contributed by atoms with van der Waals surface area (Å²) < 4.78 is 5.38. The molecule has 1 aliphatic carbocycles. The van der Waals surface area contributed by atoms with Crippen LogP contribution in [0.5, 0.6) is 0 Å². The van der Waals surface area contributed by atoms with Crippen LogP contribution >= 0.6 is 0 Å². The van der Waals surface area contributed by atoms with Gasteiger partial charge in [-0.2, -0.15) is 0 Å². The van der Waals surface area contributed by atoms with Crippen molar-refractivity contribution in [2.75, 3.05) is 0 Å². The zero-order chi connectivity index (χ0) is 5.98. The highest BCUT2D eigenvalue weighted by Gasteiger charge is 2.18. The van der Waals surface area contributed by atoms with Crippen molar-refractivity contribution < 1.29 is 4.74 Å². The van der Waals surface area contributed by atoms with Gasteiger partial charge in [0.05, 0.1) is 12.2 Å². The smallest absolute Gasteiger partial charge is 0.0578 e. The van der Waals surface area contributed by atoms with Crippen molar-refractivity contribution in [3.05, 3.63) is 6.92 Å². The first kappa shape index (κ1) is 6.09. The Bertz CT molecular complexity index is 64.8. The topological polar surface area (TPSA) is 9.23 Å². The van der Waals surface area contributed by atoms with E-state index in [-0.39, 0.29) is 6.10 Å². The van der Waals surface area contributed by atoms with Crippen molar-refractivity contribution in [3.8, 4) is 0 Å². The molecule has 1 aliphatic rings. The fourth-order valence-corrected chi connectivity index (χ4v) is 0.835. The third-order valence-corrected chi connectivity index (χ3v) is 1.48. The van der Waals surface area contributed by atoms with Crippen LogP contribution in [0.4, 0.5) is 0 Å². The molecule has 0 heterocycles. The second kappa shape index (κ2) is 2.49. The molecule has 1 fully saturated rings. The SMILES string of the molecule is [CH2]C(C)OC1CCC1.